The molecule has 6 nitrogen and oxygen atoms in total. The number of aryl methyl sites for hydroxylation is 2. The van der Waals surface area contributed by atoms with Gasteiger partial charge in [0.25, 0.3) is 5.91 Å². The second-order valence-electron chi connectivity index (χ2n) is 8.39. The number of carbonyl (C=O) groups excluding carboxylic acids is 1. The largest absolute Gasteiger partial charge is 0.352 e. The molecule has 5 rings (SSSR count). The number of aromatic nitrogens is 4. The van der Waals surface area contributed by atoms with E-state index in [1.54, 1.807) is 42.7 Å². The Balaban J connectivity index is 1.45. The van der Waals surface area contributed by atoms with Crippen molar-refractivity contribution in [1.82, 2.24) is 25.3 Å². The summed E-state index contributed by atoms with van der Waals surface area (Å²) in [7, 11) is 0. The summed E-state index contributed by atoms with van der Waals surface area (Å²) in [5.41, 5.74) is 5.96. The smallest absolute Gasteiger partial charge is 0.251 e. The predicted molar refractivity (Wildman–Crippen MR) is 134 cm³/mol. The monoisotopic (exact) mass is 465 g/mol. The third kappa shape index (κ3) is 5.09. The number of hydrogen-bond donors (Lipinski definition) is 2. The van der Waals surface area contributed by atoms with Crippen molar-refractivity contribution >= 4 is 16.9 Å². The highest BCUT2D eigenvalue weighted by molar-refractivity contribution is 5.98. The van der Waals surface area contributed by atoms with Gasteiger partial charge in [-0.2, -0.15) is 0 Å². The number of rotatable bonds is 7. The molecule has 2 N–H and O–H groups in total. The van der Waals surface area contributed by atoms with Crippen molar-refractivity contribution in [3.05, 3.63) is 102 Å². The predicted octanol–water partition coefficient (Wildman–Crippen LogP) is 5.50. The number of H-pyrrole nitrogens is 1. The molecule has 7 heteroatoms. The van der Waals surface area contributed by atoms with Crippen LogP contribution in [0.1, 0.15) is 28.2 Å². The number of nitrogens with zero attached hydrogens (tertiary/aromatic N) is 3. The normalized spacial score (nSPS) is 11.0. The molecular formula is C28H24FN5O. The molecular weight excluding hydrogens is 441 g/mol. The molecule has 2 heterocycles. The van der Waals surface area contributed by atoms with Gasteiger partial charge in [-0.25, -0.2) is 19.3 Å². The number of imidazole rings is 1. The van der Waals surface area contributed by atoms with Crippen LogP contribution in [-0.2, 0) is 6.42 Å². The Hall–Kier alpha value is -4.39. The van der Waals surface area contributed by atoms with Crippen LogP contribution in [0.25, 0.3) is 33.5 Å². The van der Waals surface area contributed by atoms with E-state index in [4.69, 9.17) is 9.97 Å². The number of fused-ring (bicyclic) bond motifs is 1. The Labute approximate surface area is 202 Å². The number of benzene rings is 3. The first-order chi connectivity index (χ1) is 17.1. The Morgan fingerprint density at radius 2 is 1.60 bits per heavy atom. The minimum absolute atomic E-state index is 0.160. The average Bonchev–Trinajstić information content (AvgIpc) is 3.40. The second kappa shape index (κ2) is 9.85. The maximum Gasteiger partial charge on any atom is 0.251 e. The Morgan fingerprint density at radius 1 is 0.914 bits per heavy atom. The topological polar surface area (TPSA) is 83.6 Å². The summed E-state index contributed by atoms with van der Waals surface area (Å²) in [6, 6.07) is 19.6. The summed E-state index contributed by atoms with van der Waals surface area (Å²) in [6.07, 6.45) is 5.06. The summed E-state index contributed by atoms with van der Waals surface area (Å²) in [5, 5.41) is 2.96. The Kier molecular flexibility index (Phi) is 6.30. The molecule has 35 heavy (non-hydrogen) atoms. The molecule has 0 saturated carbocycles. The van der Waals surface area contributed by atoms with Crippen molar-refractivity contribution in [2.45, 2.75) is 19.8 Å². The zero-order chi connectivity index (χ0) is 24.2. The fraction of sp³-hybridized carbons (Fsp3) is 0.143. The van der Waals surface area contributed by atoms with Crippen LogP contribution in [0.15, 0.2) is 79.1 Å². The van der Waals surface area contributed by atoms with Crippen molar-refractivity contribution in [2.75, 3.05) is 6.54 Å². The molecule has 0 unspecified atom stereocenters. The van der Waals surface area contributed by atoms with E-state index in [0.29, 0.717) is 34.5 Å². The molecule has 0 aliphatic heterocycles. The van der Waals surface area contributed by atoms with Crippen LogP contribution in [0.2, 0.25) is 0 Å². The summed E-state index contributed by atoms with van der Waals surface area (Å²) >= 11 is 0. The number of amides is 1. The number of halogens is 1. The molecule has 3 aromatic carbocycles. The standard InChI is InChI=1S/C28H24FN5O/c1-18-4-6-19(7-5-18)27-26(20-8-11-22(29)12-9-20)33-23-13-10-21(17-24(23)34-27)28(35)32-14-2-3-25-30-15-16-31-25/h4-13,15-17H,2-3,14H2,1H3,(H,30,31)(H,32,35). The van der Waals surface area contributed by atoms with Crippen molar-refractivity contribution < 1.29 is 9.18 Å². The number of hydrogen-bond acceptors (Lipinski definition) is 4. The van der Waals surface area contributed by atoms with E-state index >= 15 is 0 Å². The molecule has 174 valence electrons. The Bertz CT molecular complexity index is 1460. The zero-order valence-electron chi connectivity index (χ0n) is 19.3. The van der Waals surface area contributed by atoms with Crippen LogP contribution < -0.4 is 5.32 Å². The maximum absolute atomic E-state index is 13.5. The van der Waals surface area contributed by atoms with E-state index in [0.717, 1.165) is 35.4 Å². The molecule has 0 fully saturated rings. The molecule has 2 aromatic heterocycles. The first kappa shape index (κ1) is 22.4. The third-order valence-corrected chi connectivity index (χ3v) is 5.80. The fourth-order valence-electron chi connectivity index (χ4n) is 3.91. The lowest BCUT2D eigenvalue weighted by Gasteiger charge is -2.12. The molecule has 0 radical (unpaired) electrons. The van der Waals surface area contributed by atoms with Gasteiger partial charge in [0, 0.05) is 42.0 Å². The average molecular weight is 466 g/mol. The van der Waals surface area contributed by atoms with Gasteiger partial charge in [-0.05, 0) is 55.8 Å². The van der Waals surface area contributed by atoms with E-state index < -0.39 is 0 Å². The van der Waals surface area contributed by atoms with Crippen LogP contribution in [0.4, 0.5) is 4.39 Å². The molecule has 0 bridgehead atoms. The van der Waals surface area contributed by atoms with E-state index in [-0.39, 0.29) is 11.7 Å². The highest BCUT2D eigenvalue weighted by Crippen LogP contribution is 2.31. The van der Waals surface area contributed by atoms with E-state index in [1.165, 1.54) is 12.1 Å². The van der Waals surface area contributed by atoms with E-state index in [9.17, 15) is 9.18 Å². The first-order valence-electron chi connectivity index (χ1n) is 11.5. The number of aromatic amines is 1. The summed E-state index contributed by atoms with van der Waals surface area (Å²) in [4.78, 5) is 29.7. The van der Waals surface area contributed by atoms with Gasteiger partial charge in [0.15, 0.2) is 0 Å². The van der Waals surface area contributed by atoms with Gasteiger partial charge >= 0.3 is 0 Å². The van der Waals surface area contributed by atoms with Crippen molar-refractivity contribution in [1.29, 1.82) is 0 Å². The molecule has 0 atom stereocenters. The number of carbonyl (C=O) groups is 1. The lowest BCUT2D eigenvalue weighted by Crippen LogP contribution is -2.24. The van der Waals surface area contributed by atoms with Gasteiger partial charge in [0.05, 0.1) is 22.4 Å². The molecule has 0 aliphatic rings. The summed E-state index contributed by atoms with van der Waals surface area (Å²) < 4.78 is 13.5. The zero-order valence-corrected chi connectivity index (χ0v) is 19.3. The van der Waals surface area contributed by atoms with Gasteiger partial charge < -0.3 is 10.3 Å². The van der Waals surface area contributed by atoms with E-state index in [2.05, 4.69) is 15.3 Å². The van der Waals surface area contributed by atoms with Crippen molar-refractivity contribution in [3.63, 3.8) is 0 Å². The van der Waals surface area contributed by atoms with Gasteiger partial charge in [0.2, 0.25) is 0 Å². The SMILES string of the molecule is Cc1ccc(-c2nc3cc(C(=O)NCCCc4ncc[nH]4)ccc3nc2-c2ccc(F)cc2)cc1. The quantitative estimate of drug-likeness (QED) is 0.311. The Morgan fingerprint density at radius 3 is 2.29 bits per heavy atom. The fourth-order valence-corrected chi connectivity index (χ4v) is 3.91. The van der Waals surface area contributed by atoms with Gasteiger partial charge in [0.1, 0.15) is 11.6 Å². The summed E-state index contributed by atoms with van der Waals surface area (Å²) in [6.45, 7) is 2.57. The van der Waals surface area contributed by atoms with Crippen LogP contribution >= 0.6 is 0 Å². The molecule has 0 spiro atoms. The molecule has 5 aromatic rings. The van der Waals surface area contributed by atoms with Crippen LogP contribution in [0.5, 0.6) is 0 Å². The van der Waals surface area contributed by atoms with Crippen molar-refractivity contribution in [2.24, 2.45) is 0 Å². The summed E-state index contributed by atoms with van der Waals surface area (Å²) in [5.74, 6) is 0.438. The van der Waals surface area contributed by atoms with Gasteiger partial charge in [-0.15, -0.1) is 0 Å². The molecule has 1 amide bonds. The van der Waals surface area contributed by atoms with Crippen LogP contribution in [-0.4, -0.2) is 32.4 Å². The lowest BCUT2D eigenvalue weighted by molar-refractivity contribution is 0.0953. The third-order valence-electron chi connectivity index (χ3n) is 5.80. The van der Waals surface area contributed by atoms with Crippen molar-refractivity contribution in [3.8, 4) is 22.5 Å². The highest BCUT2D eigenvalue weighted by atomic mass is 19.1. The molecule has 0 saturated heterocycles. The second-order valence-corrected chi connectivity index (χ2v) is 8.39. The highest BCUT2D eigenvalue weighted by Gasteiger charge is 2.15. The number of nitrogens with one attached hydrogen (secondary N) is 2. The van der Waals surface area contributed by atoms with E-state index in [1.807, 2.05) is 31.2 Å². The van der Waals surface area contributed by atoms with Gasteiger partial charge in [-0.3, -0.25) is 4.79 Å². The van der Waals surface area contributed by atoms with Crippen LogP contribution in [0.3, 0.4) is 0 Å². The minimum Gasteiger partial charge on any atom is -0.352 e. The lowest BCUT2D eigenvalue weighted by atomic mass is 10.0. The first-order valence-corrected chi connectivity index (χ1v) is 11.5. The van der Waals surface area contributed by atoms with Gasteiger partial charge in [-0.1, -0.05) is 29.8 Å². The van der Waals surface area contributed by atoms with Crippen LogP contribution in [0, 0.1) is 12.7 Å². The minimum atomic E-state index is -0.306. The maximum atomic E-state index is 13.5. The molecule has 0 aliphatic carbocycles.